The number of halogens is 2. The second kappa shape index (κ2) is 5.01. The fraction of sp³-hybridized carbons (Fsp3) is 0.400. The minimum atomic E-state index is -3.10. The second-order valence-corrected chi connectivity index (χ2v) is 6.33. The molecule has 0 aliphatic heterocycles. The summed E-state index contributed by atoms with van der Waals surface area (Å²) in [5, 5.41) is 2.99. The molecule has 0 saturated heterocycles. The summed E-state index contributed by atoms with van der Waals surface area (Å²) in [7, 11) is -3.10. The molecule has 1 rings (SSSR count). The summed E-state index contributed by atoms with van der Waals surface area (Å²) in [6, 6.07) is 3.90. The molecule has 0 aromatic heterocycles. The molecule has 0 spiro atoms. The van der Waals surface area contributed by atoms with Crippen LogP contribution in [0.15, 0.2) is 18.2 Å². The van der Waals surface area contributed by atoms with Crippen LogP contribution in [0, 0.1) is 5.82 Å². The number of anilines is 1. The third-order valence-electron chi connectivity index (χ3n) is 1.91. The summed E-state index contributed by atoms with van der Waals surface area (Å²) < 4.78 is 35.4. The fourth-order valence-electron chi connectivity index (χ4n) is 1.38. The highest BCUT2D eigenvalue weighted by Crippen LogP contribution is 2.25. The van der Waals surface area contributed by atoms with E-state index in [2.05, 4.69) is 5.32 Å². The van der Waals surface area contributed by atoms with Crippen LogP contribution in [0.5, 0.6) is 0 Å². The van der Waals surface area contributed by atoms with E-state index in [9.17, 15) is 12.8 Å². The molecule has 0 fully saturated rings. The summed E-state index contributed by atoms with van der Waals surface area (Å²) in [4.78, 5) is 0. The first-order valence-corrected chi connectivity index (χ1v) is 7.11. The Balaban J connectivity index is 2.81. The highest BCUT2D eigenvalue weighted by atomic mass is 35.5. The maximum atomic E-state index is 13.3. The Morgan fingerprint density at radius 1 is 1.50 bits per heavy atom. The van der Waals surface area contributed by atoms with E-state index in [4.69, 9.17) is 11.6 Å². The Morgan fingerprint density at radius 2 is 2.12 bits per heavy atom. The Hall–Kier alpha value is -0.810. The molecule has 90 valence electrons. The van der Waals surface area contributed by atoms with Gasteiger partial charge in [0.1, 0.15) is 15.7 Å². The molecule has 16 heavy (non-hydrogen) atoms. The number of para-hydroxylation sites is 1. The molecule has 6 heteroatoms. The molecule has 0 aliphatic carbocycles. The molecular weight excluding hydrogens is 253 g/mol. The number of hydrogen-bond acceptors (Lipinski definition) is 3. The van der Waals surface area contributed by atoms with Crippen LogP contribution in [0.3, 0.4) is 0 Å². The van der Waals surface area contributed by atoms with E-state index in [1.54, 1.807) is 13.0 Å². The first-order valence-electron chi connectivity index (χ1n) is 4.68. The summed E-state index contributed by atoms with van der Waals surface area (Å²) >= 11 is 5.79. The van der Waals surface area contributed by atoms with E-state index in [1.165, 1.54) is 12.1 Å². The minimum absolute atomic E-state index is 0.0718. The van der Waals surface area contributed by atoms with Crippen LogP contribution in [0.1, 0.15) is 6.92 Å². The minimum Gasteiger partial charge on any atom is -0.378 e. The Kier molecular flexibility index (Phi) is 4.15. The first-order chi connectivity index (χ1) is 7.29. The SMILES string of the molecule is CC(CS(C)(=O)=O)Nc1c(F)cccc1Cl. The van der Waals surface area contributed by atoms with Crippen LogP contribution < -0.4 is 5.32 Å². The predicted octanol–water partition coefficient (Wildman–Crippen LogP) is 2.32. The van der Waals surface area contributed by atoms with Gasteiger partial charge < -0.3 is 5.32 Å². The molecule has 1 atom stereocenters. The maximum absolute atomic E-state index is 13.3. The smallest absolute Gasteiger partial charge is 0.149 e. The van der Waals surface area contributed by atoms with Crippen LogP contribution in [-0.4, -0.2) is 26.5 Å². The summed E-state index contributed by atoms with van der Waals surface area (Å²) in [5.74, 6) is -0.564. The van der Waals surface area contributed by atoms with Gasteiger partial charge in [-0.25, -0.2) is 12.8 Å². The number of benzene rings is 1. The van der Waals surface area contributed by atoms with E-state index in [0.29, 0.717) is 0 Å². The van der Waals surface area contributed by atoms with Gasteiger partial charge in [0.15, 0.2) is 0 Å². The van der Waals surface area contributed by atoms with E-state index >= 15 is 0 Å². The number of rotatable bonds is 4. The van der Waals surface area contributed by atoms with E-state index in [-0.39, 0.29) is 16.5 Å². The predicted molar refractivity (Wildman–Crippen MR) is 64.2 cm³/mol. The molecule has 1 aromatic rings. The molecule has 1 aromatic carbocycles. The quantitative estimate of drug-likeness (QED) is 0.909. The molecule has 1 unspecified atom stereocenters. The number of hydrogen-bond donors (Lipinski definition) is 1. The maximum Gasteiger partial charge on any atom is 0.149 e. The van der Waals surface area contributed by atoms with Gasteiger partial charge in [-0.3, -0.25) is 0 Å². The zero-order valence-electron chi connectivity index (χ0n) is 9.00. The zero-order valence-corrected chi connectivity index (χ0v) is 10.6. The molecule has 3 nitrogen and oxygen atoms in total. The highest BCUT2D eigenvalue weighted by molar-refractivity contribution is 7.90. The van der Waals surface area contributed by atoms with Crippen LogP contribution in [0.2, 0.25) is 5.02 Å². The largest absolute Gasteiger partial charge is 0.378 e. The molecular formula is C10H13ClFNO2S. The van der Waals surface area contributed by atoms with Crippen LogP contribution >= 0.6 is 11.6 Å². The third-order valence-corrected chi connectivity index (χ3v) is 3.33. The van der Waals surface area contributed by atoms with Crippen LogP contribution in [-0.2, 0) is 9.84 Å². The molecule has 0 radical (unpaired) electrons. The van der Waals surface area contributed by atoms with Gasteiger partial charge in [0, 0.05) is 12.3 Å². The van der Waals surface area contributed by atoms with E-state index in [1.807, 2.05) is 0 Å². The van der Waals surface area contributed by atoms with Crippen molar-refractivity contribution >= 4 is 27.1 Å². The lowest BCUT2D eigenvalue weighted by molar-refractivity contribution is 0.596. The fourth-order valence-corrected chi connectivity index (χ4v) is 2.59. The molecule has 0 aliphatic rings. The lowest BCUT2D eigenvalue weighted by Crippen LogP contribution is -2.25. The van der Waals surface area contributed by atoms with Gasteiger partial charge in [-0.15, -0.1) is 0 Å². The molecule has 0 bridgehead atoms. The Morgan fingerprint density at radius 3 is 2.62 bits per heavy atom. The van der Waals surface area contributed by atoms with Crippen molar-refractivity contribution in [3.05, 3.63) is 29.0 Å². The van der Waals surface area contributed by atoms with E-state index in [0.717, 1.165) is 6.26 Å². The van der Waals surface area contributed by atoms with Crippen molar-refractivity contribution in [1.82, 2.24) is 0 Å². The molecule has 0 saturated carbocycles. The van der Waals surface area contributed by atoms with Gasteiger partial charge in [-0.05, 0) is 19.1 Å². The van der Waals surface area contributed by atoms with Gasteiger partial charge in [-0.2, -0.15) is 0 Å². The summed E-state index contributed by atoms with van der Waals surface area (Å²) in [6.45, 7) is 1.66. The Labute approximate surface area is 99.5 Å². The average molecular weight is 266 g/mol. The van der Waals surface area contributed by atoms with Crippen molar-refractivity contribution < 1.29 is 12.8 Å². The van der Waals surface area contributed by atoms with Crippen molar-refractivity contribution in [2.45, 2.75) is 13.0 Å². The highest BCUT2D eigenvalue weighted by Gasteiger charge is 2.13. The van der Waals surface area contributed by atoms with Crippen molar-refractivity contribution in [2.24, 2.45) is 0 Å². The van der Waals surface area contributed by atoms with Gasteiger partial charge >= 0.3 is 0 Å². The number of nitrogens with one attached hydrogen (secondary N) is 1. The summed E-state index contributed by atoms with van der Waals surface area (Å²) in [6.07, 6.45) is 1.13. The van der Waals surface area contributed by atoms with Crippen LogP contribution in [0.25, 0.3) is 0 Å². The molecule has 0 amide bonds. The van der Waals surface area contributed by atoms with Crippen molar-refractivity contribution in [2.75, 3.05) is 17.3 Å². The van der Waals surface area contributed by atoms with Gasteiger partial charge in [0.25, 0.3) is 0 Å². The zero-order chi connectivity index (χ0) is 12.3. The second-order valence-electron chi connectivity index (χ2n) is 3.73. The standard InChI is InChI=1S/C10H13ClFNO2S/c1-7(6-16(2,14)15)13-10-8(11)4-3-5-9(10)12/h3-5,7,13H,6H2,1-2H3. The average Bonchev–Trinajstić information content (AvgIpc) is 2.08. The normalized spacial score (nSPS) is 13.5. The molecule has 0 heterocycles. The Bertz CT molecular complexity index is 455. The van der Waals surface area contributed by atoms with Crippen molar-refractivity contribution in [1.29, 1.82) is 0 Å². The van der Waals surface area contributed by atoms with Crippen LogP contribution in [0.4, 0.5) is 10.1 Å². The topological polar surface area (TPSA) is 46.2 Å². The lowest BCUT2D eigenvalue weighted by Gasteiger charge is -2.15. The monoisotopic (exact) mass is 265 g/mol. The van der Waals surface area contributed by atoms with Crippen molar-refractivity contribution in [3.8, 4) is 0 Å². The van der Waals surface area contributed by atoms with Gasteiger partial charge in [0.05, 0.1) is 16.5 Å². The van der Waals surface area contributed by atoms with Gasteiger partial charge in [-0.1, -0.05) is 17.7 Å². The van der Waals surface area contributed by atoms with Crippen molar-refractivity contribution in [3.63, 3.8) is 0 Å². The van der Waals surface area contributed by atoms with Gasteiger partial charge in [0.2, 0.25) is 0 Å². The lowest BCUT2D eigenvalue weighted by atomic mass is 10.2. The third kappa shape index (κ3) is 3.98. The number of sulfone groups is 1. The van der Waals surface area contributed by atoms with E-state index < -0.39 is 21.7 Å². The molecule has 1 N–H and O–H groups in total. The first kappa shape index (κ1) is 13.3. The summed E-state index contributed by atoms with van der Waals surface area (Å²) in [5.41, 5.74) is 0.139.